The van der Waals surface area contributed by atoms with Crippen LogP contribution in [0.4, 0.5) is 18.9 Å². The summed E-state index contributed by atoms with van der Waals surface area (Å²) in [7, 11) is 1.50. The first-order chi connectivity index (χ1) is 14.2. The van der Waals surface area contributed by atoms with Crippen LogP contribution in [0, 0.1) is 0 Å². The molecular formula is C18H15ClF3N3O3S2. The highest BCUT2D eigenvalue weighted by atomic mass is 35.5. The highest BCUT2D eigenvalue weighted by Gasteiger charge is 2.33. The van der Waals surface area contributed by atoms with Crippen molar-refractivity contribution >= 4 is 56.5 Å². The standard InChI is InChI=1S/C18H15ClF3N3O3S2/c1-28-6-5-25-16(27)15-13(4-7-29-15)24-17(25)30-9-14(26)23-10-2-3-12(19)11(8-10)18(20,21)22/h2-4,7-8H,5-6,9H2,1H3,(H,23,26). The van der Waals surface area contributed by atoms with Gasteiger partial charge in [0.1, 0.15) is 4.70 Å². The van der Waals surface area contributed by atoms with E-state index in [1.54, 1.807) is 11.4 Å². The van der Waals surface area contributed by atoms with E-state index in [0.717, 1.165) is 23.9 Å². The minimum absolute atomic E-state index is 0.0321. The molecule has 0 bridgehead atoms. The first-order valence-electron chi connectivity index (χ1n) is 8.47. The molecule has 30 heavy (non-hydrogen) atoms. The maximum atomic E-state index is 13.0. The van der Waals surface area contributed by atoms with Gasteiger partial charge < -0.3 is 10.1 Å². The van der Waals surface area contributed by atoms with Crippen molar-refractivity contribution < 1.29 is 22.7 Å². The number of aromatic nitrogens is 2. The number of rotatable bonds is 7. The summed E-state index contributed by atoms with van der Waals surface area (Å²) in [4.78, 5) is 29.4. The van der Waals surface area contributed by atoms with Crippen LogP contribution in [0.15, 0.2) is 39.6 Å². The third-order valence-electron chi connectivity index (χ3n) is 3.94. The lowest BCUT2D eigenvalue weighted by Crippen LogP contribution is -2.25. The zero-order valence-electron chi connectivity index (χ0n) is 15.5. The monoisotopic (exact) mass is 477 g/mol. The van der Waals surface area contributed by atoms with E-state index in [1.807, 2.05) is 0 Å². The summed E-state index contributed by atoms with van der Waals surface area (Å²) in [6.07, 6.45) is -4.64. The quantitative estimate of drug-likeness (QED) is 0.400. The number of carbonyl (C=O) groups is 1. The molecule has 3 aromatic rings. The smallest absolute Gasteiger partial charge is 0.383 e. The Bertz CT molecular complexity index is 1130. The van der Waals surface area contributed by atoms with E-state index in [4.69, 9.17) is 16.3 Å². The fourth-order valence-corrected chi connectivity index (χ4v) is 4.39. The first-order valence-corrected chi connectivity index (χ1v) is 10.7. The molecule has 2 heterocycles. The number of halogens is 4. The minimum atomic E-state index is -4.64. The number of carbonyl (C=O) groups excluding carboxylic acids is 1. The number of fused-ring (bicyclic) bond motifs is 1. The van der Waals surface area contributed by atoms with Gasteiger partial charge in [-0.25, -0.2) is 4.98 Å². The van der Waals surface area contributed by atoms with Gasteiger partial charge in [-0.15, -0.1) is 11.3 Å². The third-order valence-corrected chi connectivity index (χ3v) is 6.14. The number of anilines is 1. The van der Waals surface area contributed by atoms with Gasteiger partial charge in [0, 0.05) is 12.8 Å². The number of thiophene rings is 1. The van der Waals surface area contributed by atoms with Gasteiger partial charge in [-0.05, 0) is 29.6 Å². The summed E-state index contributed by atoms with van der Waals surface area (Å²) >= 11 is 7.87. The molecule has 1 aromatic carbocycles. The number of amides is 1. The predicted molar refractivity (Wildman–Crippen MR) is 112 cm³/mol. The predicted octanol–water partition coefficient (Wildman–Crippen LogP) is 4.51. The van der Waals surface area contributed by atoms with Crippen LogP contribution in [-0.2, 0) is 22.3 Å². The summed E-state index contributed by atoms with van der Waals surface area (Å²) in [6.45, 7) is 0.537. The number of hydrogen-bond acceptors (Lipinski definition) is 6. The van der Waals surface area contributed by atoms with Crippen molar-refractivity contribution in [2.45, 2.75) is 17.9 Å². The Morgan fingerprint density at radius 3 is 2.83 bits per heavy atom. The zero-order valence-corrected chi connectivity index (χ0v) is 17.8. The lowest BCUT2D eigenvalue weighted by molar-refractivity contribution is -0.137. The summed E-state index contributed by atoms with van der Waals surface area (Å²) < 4.78 is 45.9. The van der Waals surface area contributed by atoms with E-state index in [2.05, 4.69) is 10.3 Å². The van der Waals surface area contributed by atoms with Crippen molar-refractivity contribution in [2.24, 2.45) is 0 Å². The van der Waals surface area contributed by atoms with Crippen molar-refractivity contribution in [3.05, 3.63) is 50.6 Å². The molecule has 0 atom stereocenters. The molecule has 0 spiro atoms. The highest BCUT2D eigenvalue weighted by molar-refractivity contribution is 7.99. The summed E-state index contributed by atoms with van der Waals surface area (Å²) in [5, 5.41) is 4.03. The maximum Gasteiger partial charge on any atom is 0.417 e. The summed E-state index contributed by atoms with van der Waals surface area (Å²) in [5.74, 6) is -0.702. The molecule has 12 heteroatoms. The minimum Gasteiger partial charge on any atom is -0.383 e. The first kappa shape index (κ1) is 22.6. The number of benzene rings is 1. The van der Waals surface area contributed by atoms with Crippen molar-refractivity contribution in [1.29, 1.82) is 0 Å². The Labute approximate surface area is 182 Å². The van der Waals surface area contributed by atoms with Crippen molar-refractivity contribution in [3.8, 4) is 0 Å². The normalized spacial score (nSPS) is 11.8. The number of hydrogen-bond donors (Lipinski definition) is 1. The molecule has 0 aliphatic heterocycles. The second-order valence-electron chi connectivity index (χ2n) is 6.01. The van der Waals surface area contributed by atoms with Gasteiger partial charge in [-0.3, -0.25) is 14.2 Å². The second-order valence-corrected chi connectivity index (χ2v) is 8.27. The number of methoxy groups -OCH3 is 1. The fourth-order valence-electron chi connectivity index (χ4n) is 2.56. The van der Waals surface area contributed by atoms with Gasteiger partial charge in [-0.2, -0.15) is 13.2 Å². The van der Waals surface area contributed by atoms with Crippen molar-refractivity contribution in [2.75, 3.05) is 24.8 Å². The molecule has 2 aromatic heterocycles. The average Bonchev–Trinajstić information content (AvgIpc) is 3.15. The van der Waals surface area contributed by atoms with Crippen LogP contribution >= 0.6 is 34.7 Å². The van der Waals surface area contributed by atoms with E-state index >= 15 is 0 Å². The van der Waals surface area contributed by atoms with Crippen LogP contribution < -0.4 is 10.9 Å². The van der Waals surface area contributed by atoms with Crippen LogP contribution in [-0.4, -0.2) is 34.9 Å². The van der Waals surface area contributed by atoms with Crippen molar-refractivity contribution in [3.63, 3.8) is 0 Å². The Kier molecular flexibility index (Phi) is 7.06. The van der Waals surface area contributed by atoms with Gasteiger partial charge in [-0.1, -0.05) is 23.4 Å². The zero-order chi connectivity index (χ0) is 21.9. The Balaban J connectivity index is 1.76. The molecule has 0 fully saturated rings. The maximum absolute atomic E-state index is 13.0. The molecule has 0 aliphatic carbocycles. The van der Waals surface area contributed by atoms with E-state index in [0.29, 0.717) is 15.4 Å². The van der Waals surface area contributed by atoms with Crippen LogP contribution in [0.2, 0.25) is 5.02 Å². The molecule has 1 amide bonds. The number of ether oxygens (including phenoxy) is 1. The number of thioether (sulfide) groups is 1. The Hall–Kier alpha value is -2.08. The number of nitrogens with zero attached hydrogens (tertiary/aromatic N) is 2. The second kappa shape index (κ2) is 9.38. The van der Waals surface area contributed by atoms with Gasteiger partial charge in [0.05, 0.1) is 35.0 Å². The summed E-state index contributed by atoms with van der Waals surface area (Å²) in [5.41, 5.74) is -0.778. The average molecular weight is 478 g/mol. The van der Waals surface area contributed by atoms with Gasteiger partial charge in [0.25, 0.3) is 5.56 Å². The van der Waals surface area contributed by atoms with Gasteiger partial charge in [0.2, 0.25) is 5.91 Å². The van der Waals surface area contributed by atoms with Gasteiger partial charge in [0.15, 0.2) is 5.16 Å². The topological polar surface area (TPSA) is 73.2 Å². The highest BCUT2D eigenvalue weighted by Crippen LogP contribution is 2.36. The Morgan fingerprint density at radius 2 is 2.13 bits per heavy atom. The van der Waals surface area contributed by atoms with Gasteiger partial charge >= 0.3 is 6.18 Å². The van der Waals surface area contributed by atoms with E-state index < -0.39 is 22.7 Å². The molecule has 0 unspecified atom stereocenters. The molecule has 1 N–H and O–H groups in total. The number of alkyl halides is 3. The van der Waals surface area contributed by atoms with Crippen LogP contribution in [0.5, 0.6) is 0 Å². The van der Waals surface area contributed by atoms with Crippen LogP contribution in [0.3, 0.4) is 0 Å². The molecular weight excluding hydrogens is 463 g/mol. The summed E-state index contributed by atoms with van der Waals surface area (Å²) in [6, 6.07) is 4.83. The molecule has 0 radical (unpaired) electrons. The molecule has 0 aliphatic rings. The van der Waals surface area contributed by atoms with E-state index in [-0.39, 0.29) is 30.2 Å². The Morgan fingerprint density at radius 1 is 1.37 bits per heavy atom. The van der Waals surface area contributed by atoms with Crippen molar-refractivity contribution in [1.82, 2.24) is 9.55 Å². The third kappa shape index (κ3) is 5.15. The van der Waals surface area contributed by atoms with E-state index in [9.17, 15) is 22.8 Å². The molecule has 3 rings (SSSR count). The SMILES string of the molecule is COCCn1c(SCC(=O)Nc2ccc(Cl)c(C(F)(F)F)c2)nc2ccsc2c1=O. The fraction of sp³-hybridized carbons (Fsp3) is 0.278. The lowest BCUT2D eigenvalue weighted by atomic mass is 10.2. The lowest BCUT2D eigenvalue weighted by Gasteiger charge is -2.13. The largest absolute Gasteiger partial charge is 0.417 e. The molecule has 0 saturated heterocycles. The molecule has 6 nitrogen and oxygen atoms in total. The van der Waals surface area contributed by atoms with Crippen LogP contribution in [0.1, 0.15) is 5.56 Å². The molecule has 0 saturated carbocycles. The molecule has 160 valence electrons. The van der Waals surface area contributed by atoms with Crippen LogP contribution in [0.25, 0.3) is 10.2 Å². The number of nitrogens with one attached hydrogen (secondary N) is 1. The van der Waals surface area contributed by atoms with E-state index in [1.165, 1.54) is 29.1 Å².